The average molecular weight is 315 g/mol. The SMILES string of the molecule is CCOc1ccc(-c2cn(-c3cc(OC)ncn3)nn2)cc1F. The first kappa shape index (κ1) is 14.9. The van der Waals surface area contributed by atoms with Gasteiger partial charge in [-0.25, -0.2) is 19.0 Å². The Bertz CT molecular complexity index is 821. The van der Waals surface area contributed by atoms with Crippen molar-refractivity contribution in [3.8, 4) is 28.7 Å². The maximum atomic E-state index is 13.9. The van der Waals surface area contributed by atoms with Gasteiger partial charge in [0.15, 0.2) is 17.4 Å². The Morgan fingerprint density at radius 3 is 2.83 bits per heavy atom. The van der Waals surface area contributed by atoms with Gasteiger partial charge in [0.05, 0.1) is 19.9 Å². The molecule has 0 aliphatic heterocycles. The van der Waals surface area contributed by atoms with E-state index in [0.29, 0.717) is 29.6 Å². The van der Waals surface area contributed by atoms with E-state index in [1.165, 1.54) is 24.2 Å². The summed E-state index contributed by atoms with van der Waals surface area (Å²) >= 11 is 0. The summed E-state index contributed by atoms with van der Waals surface area (Å²) < 4.78 is 25.6. The number of halogens is 1. The van der Waals surface area contributed by atoms with E-state index in [0.717, 1.165) is 0 Å². The second-order valence-corrected chi connectivity index (χ2v) is 4.55. The lowest BCUT2D eigenvalue weighted by Crippen LogP contribution is -2.00. The third-order valence-corrected chi connectivity index (χ3v) is 3.09. The van der Waals surface area contributed by atoms with E-state index >= 15 is 0 Å². The van der Waals surface area contributed by atoms with Crippen LogP contribution in [0.2, 0.25) is 0 Å². The van der Waals surface area contributed by atoms with Gasteiger partial charge in [-0.05, 0) is 25.1 Å². The summed E-state index contributed by atoms with van der Waals surface area (Å²) in [5.74, 6) is 0.688. The van der Waals surface area contributed by atoms with Crippen LogP contribution in [-0.2, 0) is 0 Å². The van der Waals surface area contributed by atoms with Crippen LogP contribution in [0.15, 0.2) is 36.8 Å². The summed E-state index contributed by atoms with van der Waals surface area (Å²) in [5, 5.41) is 8.03. The number of hydrogen-bond acceptors (Lipinski definition) is 6. The fourth-order valence-corrected chi connectivity index (χ4v) is 2.01. The second-order valence-electron chi connectivity index (χ2n) is 4.55. The van der Waals surface area contributed by atoms with Crippen LogP contribution in [0, 0.1) is 5.82 Å². The molecule has 0 amide bonds. The van der Waals surface area contributed by atoms with Crippen LogP contribution in [-0.4, -0.2) is 38.7 Å². The zero-order chi connectivity index (χ0) is 16.2. The third kappa shape index (κ3) is 3.10. The molecule has 0 N–H and O–H groups in total. The highest BCUT2D eigenvalue weighted by molar-refractivity contribution is 5.59. The molecule has 3 rings (SSSR count). The highest BCUT2D eigenvalue weighted by Gasteiger charge is 2.10. The first-order valence-electron chi connectivity index (χ1n) is 6.92. The van der Waals surface area contributed by atoms with Crippen molar-refractivity contribution < 1.29 is 13.9 Å². The molecule has 23 heavy (non-hydrogen) atoms. The molecule has 0 radical (unpaired) electrons. The lowest BCUT2D eigenvalue weighted by Gasteiger charge is -2.05. The van der Waals surface area contributed by atoms with Crippen LogP contribution in [0.5, 0.6) is 11.6 Å². The van der Waals surface area contributed by atoms with Crippen molar-refractivity contribution in [2.24, 2.45) is 0 Å². The summed E-state index contributed by atoms with van der Waals surface area (Å²) in [4.78, 5) is 8.02. The monoisotopic (exact) mass is 315 g/mol. The predicted octanol–water partition coefficient (Wildman–Crippen LogP) is 2.27. The van der Waals surface area contributed by atoms with E-state index in [1.54, 1.807) is 31.3 Å². The molecule has 8 heteroatoms. The standard InChI is InChI=1S/C15H14FN5O2/c1-3-23-13-5-4-10(6-11(13)16)12-8-21(20-19-12)14-7-15(22-2)18-9-17-14/h4-9H,3H2,1-2H3. The Labute approximate surface area is 131 Å². The molecule has 0 unspecified atom stereocenters. The van der Waals surface area contributed by atoms with Crippen LogP contribution in [0.3, 0.4) is 0 Å². The minimum Gasteiger partial charge on any atom is -0.491 e. The van der Waals surface area contributed by atoms with Crippen molar-refractivity contribution in [1.82, 2.24) is 25.0 Å². The van der Waals surface area contributed by atoms with E-state index in [2.05, 4.69) is 20.3 Å². The fraction of sp³-hybridized carbons (Fsp3) is 0.200. The van der Waals surface area contributed by atoms with E-state index in [-0.39, 0.29) is 5.75 Å². The van der Waals surface area contributed by atoms with Crippen molar-refractivity contribution in [3.05, 3.63) is 42.6 Å². The largest absolute Gasteiger partial charge is 0.491 e. The van der Waals surface area contributed by atoms with Crippen molar-refractivity contribution in [3.63, 3.8) is 0 Å². The highest BCUT2D eigenvalue weighted by Crippen LogP contribution is 2.24. The molecule has 0 aliphatic carbocycles. The smallest absolute Gasteiger partial charge is 0.218 e. The number of benzene rings is 1. The molecule has 118 valence electrons. The Morgan fingerprint density at radius 2 is 2.09 bits per heavy atom. The molecule has 0 aliphatic rings. The number of rotatable bonds is 5. The van der Waals surface area contributed by atoms with Gasteiger partial charge in [0.2, 0.25) is 5.88 Å². The lowest BCUT2D eigenvalue weighted by molar-refractivity contribution is 0.321. The van der Waals surface area contributed by atoms with Crippen molar-refractivity contribution >= 4 is 0 Å². The number of aromatic nitrogens is 5. The normalized spacial score (nSPS) is 10.6. The maximum absolute atomic E-state index is 13.9. The lowest BCUT2D eigenvalue weighted by atomic mass is 10.1. The van der Waals surface area contributed by atoms with E-state index < -0.39 is 5.82 Å². The first-order chi connectivity index (χ1) is 11.2. The zero-order valence-electron chi connectivity index (χ0n) is 12.6. The van der Waals surface area contributed by atoms with Gasteiger partial charge < -0.3 is 9.47 Å². The molecule has 2 aromatic heterocycles. The highest BCUT2D eigenvalue weighted by atomic mass is 19.1. The van der Waals surface area contributed by atoms with Crippen LogP contribution in [0.1, 0.15) is 6.92 Å². The van der Waals surface area contributed by atoms with Crippen molar-refractivity contribution in [1.29, 1.82) is 0 Å². The van der Waals surface area contributed by atoms with Crippen LogP contribution >= 0.6 is 0 Å². The maximum Gasteiger partial charge on any atom is 0.218 e. The van der Waals surface area contributed by atoms with E-state index in [4.69, 9.17) is 9.47 Å². The molecule has 0 spiro atoms. The van der Waals surface area contributed by atoms with Gasteiger partial charge in [-0.2, -0.15) is 0 Å². The van der Waals surface area contributed by atoms with Gasteiger partial charge >= 0.3 is 0 Å². The summed E-state index contributed by atoms with van der Waals surface area (Å²) in [6.45, 7) is 2.21. The minimum absolute atomic E-state index is 0.212. The van der Waals surface area contributed by atoms with E-state index in [9.17, 15) is 4.39 Å². The second kappa shape index (κ2) is 6.39. The predicted molar refractivity (Wildman–Crippen MR) is 80.1 cm³/mol. The number of hydrogen-bond donors (Lipinski definition) is 0. The molecule has 0 saturated carbocycles. The Balaban J connectivity index is 1.91. The molecule has 1 aromatic carbocycles. The fourth-order valence-electron chi connectivity index (χ4n) is 2.01. The van der Waals surface area contributed by atoms with Gasteiger partial charge in [-0.1, -0.05) is 5.21 Å². The molecule has 0 atom stereocenters. The Hall–Kier alpha value is -3.03. The summed E-state index contributed by atoms with van der Waals surface area (Å²) in [5.41, 5.74) is 1.11. The molecular formula is C15H14FN5O2. The van der Waals surface area contributed by atoms with E-state index in [1.807, 2.05) is 0 Å². The zero-order valence-corrected chi connectivity index (χ0v) is 12.6. The minimum atomic E-state index is -0.442. The summed E-state index contributed by atoms with van der Waals surface area (Å²) in [6.07, 6.45) is 3.02. The van der Waals surface area contributed by atoms with Crippen molar-refractivity contribution in [2.45, 2.75) is 6.92 Å². The summed E-state index contributed by atoms with van der Waals surface area (Å²) in [7, 11) is 1.52. The van der Waals surface area contributed by atoms with Gasteiger partial charge in [-0.3, -0.25) is 0 Å². The molecule has 0 saturated heterocycles. The van der Waals surface area contributed by atoms with Gasteiger partial charge in [0.1, 0.15) is 12.0 Å². The number of nitrogens with zero attached hydrogens (tertiary/aromatic N) is 5. The van der Waals surface area contributed by atoms with Crippen molar-refractivity contribution in [2.75, 3.05) is 13.7 Å². The van der Waals surface area contributed by atoms with Gasteiger partial charge in [0.25, 0.3) is 0 Å². The van der Waals surface area contributed by atoms with Gasteiger partial charge in [-0.15, -0.1) is 5.10 Å². The summed E-state index contributed by atoms with van der Waals surface area (Å²) in [6, 6.07) is 6.28. The third-order valence-electron chi connectivity index (χ3n) is 3.09. The topological polar surface area (TPSA) is 75.0 Å². The molecule has 0 fully saturated rings. The first-order valence-corrected chi connectivity index (χ1v) is 6.92. The van der Waals surface area contributed by atoms with Crippen LogP contribution < -0.4 is 9.47 Å². The van der Waals surface area contributed by atoms with Gasteiger partial charge in [0, 0.05) is 11.6 Å². The average Bonchev–Trinajstić information content (AvgIpc) is 3.07. The Kier molecular flexibility index (Phi) is 4.13. The molecule has 2 heterocycles. The van der Waals surface area contributed by atoms with Crippen LogP contribution in [0.25, 0.3) is 17.1 Å². The molecular weight excluding hydrogens is 301 g/mol. The Morgan fingerprint density at radius 1 is 1.22 bits per heavy atom. The molecule has 7 nitrogen and oxygen atoms in total. The quantitative estimate of drug-likeness (QED) is 0.719. The number of methoxy groups -OCH3 is 1. The number of ether oxygens (including phenoxy) is 2. The van der Waals surface area contributed by atoms with Crippen LogP contribution in [0.4, 0.5) is 4.39 Å². The molecule has 3 aromatic rings. The molecule has 0 bridgehead atoms.